The van der Waals surface area contributed by atoms with Crippen molar-refractivity contribution >= 4 is 22.6 Å². The van der Waals surface area contributed by atoms with Crippen LogP contribution in [0.25, 0.3) is 10.9 Å². The Morgan fingerprint density at radius 3 is 2.83 bits per heavy atom. The number of benzene rings is 2. The number of carbonyl (C=O) groups excluding carboxylic acids is 1. The largest absolute Gasteiger partial charge is 0.454 e. The van der Waals surface area contributed by atoms with Gasteiger partial charge in [-0.3, -0.25) is 4.79 Å². The van der Waals surface area contributed by atoms with Crippen LogP contribution in [-0.2, 0) is 6.42 Å². The van der Waals surface area contributed by atoms with E-state index in [-0.39, 0.29) is 24.7 Å². The zero-order chi connectivity index (χ0) is 24.9. The summed E-state index contributed by atoms with van der Waals surface area (Å²) in [6.45, 7) is 0.395. The average Bonchev–Trinajstić information content (AvgIpc) is 3.60. The van der Waals surface area contributed by atoms with E-state index in [1.54, 1.807) is 18.2 Å². The molecule has 4 aromatic rings. The number of hydrogen-bond donors (Lipinski definition) is 3. The van der Waals surface area contributed by atoms with Crippen LogP contribution < -0.4 is 20.1 Å². The van der Waals surface area contributed by atoms with E-state index in [9.17, 15) is 18.0 Å². The van der Waals surface area contributed by atoms with Crippen LogP contribution in [0, 0.1) is 0 Å². The number of H-pyrrole nitrogens is 1. The first-order chi connectivity index (χ1) is 17.4. The third-order valence-corrected chi connectivity index (χ3v) is 6.58. The number of para-hydroxylation sites is 1. The summed E-state index contributed by atoms with van der Waals surface area (Å²) in [7, 11) is 0. The first-order valence-electron chi connectivity index (χ1n) is 11.5. The SMILES string of the molecule is O=C(NCCc1c[nH]c2ccccc12)c1cc2n(n1)[C@@H](C(F)(F)F)C[C@H](c1ccc3c(c1)OCO3)N2. The topological polar surface area (TPSA) is 93.2 Å². The van der Waals surface area contributed by atoms with Gasteiger partial charge in [-0.1, -0.05) is 24.3 Å². The van der Waals surface area contributed by atoms with Crippen LogP contribution in [0.2, 0.25) is 0 Å². The lowest BCUT2D eigenvalue weighted by Gasteiger charge is -2.33. The Bertz CT molecular complexity index is 1440. The van der Waals surface area contributed by atoms with Crippen molar-refractivity contribution in [3.63, 3.8) is 0 Å². The van der Waals surface area contributed by atoms with E-state index in [4.69, 9.17) is 9.47 Å². The molecule has 0 fully saturated rings. The number of carbonyl (C=O) groups is 1. The molecule has 0 unspecified atom stereocenters. The number of hydrogen-bond acceptors (Lipinski definition) is 5. The summed E-state index contributed by atoms with van der Waals surface area (Å²) >= 11 is 0. The fourth-order valence-electron chi connectivity index (χ4n) is 4.77. The van der Waals surface area contributed by atoms with Gasteiger partial charge in [-0.15, -0.1) is 0 Å². The van der Waals surface area contributed by atoms with Gasteiger partial charge in [0.15, 0.2) is 23.2 Å². The van der Waals surface area contributed by atoms with Crippen molar-refractivity contribution in [2.45, 2.75) is 31.1 Å². The smallest absolute Gasteiger partial charge is 0.410 e. The summed E-state index contributed by atoms with van der Waals surface area (Å²) < 4.78 is 53.5. The highest BCUT2D eigenvalue weighted by Gasteiger charge is 2.47. The van der Waals surface area contributed by atoms with E-state index >= 15 is 0 Å². The zero-order valence-corrected chi connectivity index (χ0v) is 18.9. The first-order valence-corrected chi connectivity index (χ1v) is 11.5. The van der Waals surface area contributed by atoms with Crippen LogP contribution in [0.1, 0.15) is 40.1 Å². The number of halogens is 3. The maximum absolute atomic E-state index is 14.0. The Morgan fingerprint density at radius 1 is 1.14 bits per heavy atom. The molecule has 4 heterocycles. The molecular formula is C25H22F3N5O3. The van der Waals surface area contributed by atoms with E-state index in [0.29, 0.717) is 30.0 Å². The van der Waals surface area contributed by atoms with Gasteiger partial charge in [-0.05, 0) is 35.7 Å². The molecule has 0 saturated heterocycles. The van der Waals surface area contributed by atoms with Crippen molar-refractivity contribution in [2.24, 2.45) is 0 Å². The van der Waals surface area contributed by atoms with E-state index in [1.807, 2.05) is 30.5 Å². The number of aromatic nitrogens is 3. The highest BCUT2D eigenvalue weighted by Crippen LogP contribution is 2.45. The van der Waals surface area contributed by atoms with Gasteiger partial charge in [-0.2, -0.15) is 18.3 Å². The molecule has 2 aromatic carbocycles. The lowest BCUT2D eigenvalue weighted by atomic mass is 9.96. The average molecular weight is 497 g/mol. The molecule has 36 heavy (non-hydrogen) atoms. The molecule has 0 saturated carbocycles. The zero-order valence-electron chi connectivity index (χ0n) is 18.9. The lowest BCUT2D eigenvalue weighted by molar-refractivity contribution is -0.173. The highest BCUT2D eigenvalue weighted by atomic mass is 19.4. The number of alkyl halides is 3. The Morgan fingerprint density at radius 2 is 1.97 bits per heavy atom. The second-order valence-electron chi connectivity index (χ2n) is 8.83. The van der Waals surface area contributed by atoms with Crippen molar-refractivity contribution in [1.29, 1.82) is 0 Å². The predicted octanol–water partition coefficient (Wildman–Crippen LogP) is 4.73. The molecule has 2 aromatic heterocycles. The highest BCUT2D eigenvalue weighted by molar-refractivity contribution is 5.93. The minimum absolute atomic E-state index is 0.0722. The molecule has 0 aliphatic carbocycles. The number of anilines is 1. The van der Waals surface area contributed by atoms with Gasteiger partial charge >= 0.3 is 6.18 Å². The van der Waals surface area contributed by atoms with E-state index in [2.05, 4.69) is 20.7 Å². The molecular weight excluding hydrogens is 475 g/mol. The van der Waals surface area contributed by atoms with Crippen molar-refractivity contribution in [2.75, 3.05) is 18.7 Å². The fourth-order valence-corrected chi connectivity index (χ4v) is 4.77. The van der Waals surface area contributed by atoms with Gasteiger partial charge in [0, 0.05) is 36.1 Å². The van der Waals surface area contributed by atoms with Gasteiger partial charge in [0.25, 0.3) is 5.91 Å². The van der Waals surface area contributed by atoms with Crippen LogP contribution in [-0.4, -0.2) is 40.2 Å². The number of amides is 1. The Balaban J connectivity index is 1.19. The van der Waals surface area contributed by atoms with Crippen LogP contribution in [0.3, 0.4) is 0 Å². The number of fused-ring (bicyclic) bond motifs is 3. The second-order valence-corrected chi connectivity index (χ2v) is 8.83. The number of rotatable bonds is 5. The fraction of sp³-hybridized carbons (Fsp3) is 0.280. The molecule has 3 N–H and O–H groups in total. The van der Waals surface area contributed by atoms with Crippen molar-refractivity contribution in [3.05, 3.63) is 71.5 Å². The normalized spacial score (nSPS) is 18.6. The maximum atomic E-state index is 14.0. The quantitative estimate of drug-likeness (QED) is 0.371. The molecule has 186 valence electrons. The second kappa shape index (κ2) is 8.51. The summed E-state index contributed by atoms with van der Waals surface area (Å²) in [5.41, 5.74) is 2.60. The number of nitrogens with one attached hydrogen (secondary N) is 3. The summed E-state index contributed by atoms with van der Waals surface area (Å²) in [6, 6.07) is 11.7. The summed E-state index contributed by atoms with van der Waals surface area (Å²) in [5, 5.41) is 11.0. The van der Waals surface area contributed by atoms with Gasteiger partial charge in [0.2, 0.25) is 6.79 Å². The van der Waals surface area contributed by atoms with Gasteiger partial charge in [0.05, 0.1) is 6.04 Å². The van der Waals surface area contributed by atoms with E-state index in [0.717, 1.165) is 21.1 Å². The molecule has 0 radical (unpaired) electrons. The lowest BCUT2D eigenvalue weighted by Crippen LogP contribution is -2.35. The summed E-state index contributed by atoms with van der Waals surface area (Å²) in [5.74, 6) is 0.651. The predicted molar refractivity (Wildman–Crippen MR) is 125 cm³/mol. The number of nitrogens with zero attached hydrogens (tertiary/aromatic N) is 2. The molecule has 0 spiro atoms. The molecule has 1 amide bonds. The van der Waals surface area contributed by atoms with Crippen LogP contribution in [0.15, 0.2) is 54.7 Å². The minimum atomic E-state index is -4.54. The first kappa shape index (κ1) is 22.3. The van der Waals surface area contributed by atoms with E-state index < -0.39 is 24.2 Å². The molecule has 2 aliphatic heterocycles. The summed E-state index contributed by atoms with van der Waals surface area (Å²) in [6.07, 6.45) is -2.36. The Labute approximate surface area is 203 Å². The molecule has 8 nitrogen and oxygen atoms in total. The molecule has 0 bridgehead atoms. The van der Waals surface area contributed by atoms with Crippen molar-refractivity contribution in [1.82, 2.24) is 20.1 Å². The standard InChI is InChI=1S/C25H22F3N5O3/c26-25(27,28)22-10-18(14-5-6-20-21(9-14)36-13-35-20)31-23-11-19(32-33(22)23)24(34)29-8-7-15-12-30-17-4-2-1-3-16(15)17/h1-6,9,11-12,18,22,30-31H,7-8,10,13H2,(H,29,34)/t18-,22-/m1/s1. The van der Waals surface area contributed by atoms with Crippen LogP contribution >= 0.6 is 0 Å². The third-order valence-electron chi connectivity index (χ3n) is 6.58. The van der Waals surface area contributed by atoms with Crippen LogP contribution in [0.5, 0.6) is 11.5 Å². The van der Waals surface area contributed by atoms with Gasteiger partial charge in [-0.25, -0.2) is 4.68 Å². The molecule has 6 rings (SSSR count). The van der Waals surface area contributed by atoms with Gasteiger partial charge < -0.3 is 25.1 Å². The Kier molecular flexibility index (Phi) is 5.27. The molecule has 11 heteroatoms. The monoisotopic (exact) mass is 497 g/mol. The third kappa shape index (κ3) is 4.00. The Hall–Kier alpha value is -4.15. The molecule has 2 aliphatic rings. The van der Waals surface area contributed by atoms with Crippen molar-refractivity contribution in [3.8, 4) is 11.5 Å². The van der Waals surface area contributed by atoms with E-state index in [1.165, 1.54) is 6.07 Å². The number of aromatic amines is 1. The number of ether oxygens (including phenoxy) is 2. The summed E-state index contributed by atoms with van der Waals surface area (Å²) in [4.78, 5) is 15.9. The van der Waals surface area contributed by atoms with Gasteiger partial charge in [0.1, 0.15) is 5.82 Å². The maximum Gasteiger partial charge on any atom is 0.410 e. The van der Waals surface area contributed by atoms with Crippen LogP contribution in [0.4, 0.5) is 19.0 Å². The minimum Gasteiger partial charge on any atom is -0.454 e. The molecule has 2 atom stereocenters. The van der Waals surface area contributed by atoms with Crippen molar-refractivity contribution < 1.29 is 27.4 Å².